The van der Waals surface area contributed by atoms with Crippen molar-refractivity contribution in [1.29, 1.82) is 0 Å². The largest absolute Gasteiger partial charge is 0.368 e. The SMILES string of the molecule is CCN1CCN(c2nc(N)nc(N3CCCC3)n2)CC1C. The first-order valence-electron chi connectivity index (χ1n) is 7.93. The number of nitrogen functional groups attached to an aromatic ring is 1. The van der Waals surface area contributed by atoms with Crippen LogP contribution in [0.4, 0.5) is 17.8 Å². The van der Waals surface area contributed by atoms with Gasteiger partial charge in [-0.25, -0.2) is 0 Å². The van der Waals surface area contributed by atoms with Crippen molar-refractivity contribution in [2.75, 3.05) is 54.8 Å². The van der Waals surface area contributed by atoms with Crippen molar-refractivity contribution < 1.29 is 0 Å². The Morgan fingerprint density at radius 1 is 1.00 bits per heavy atom. The Morgan fingerprint density at radius 3 is 2.29 bits per heavy atom. The number of nitrogens with two attached hydrogens (primary N) is 1. The zero-order valence-electron chi connectivity index (χ0n) is 13.0. The molecule has 3 rings (SSSR count). The quantitative estimate of drug-likeness (QED) is 0.873. The predicted octanol–water partition coefficient (Wildman–Crippen LogP) is 0.584. The minimum atomic E-state index is 0.326. The van der Waals surface area contributed by atoms with Crippen LogP contribution in [0.2, 0.25) is 0 Å². The van der Waals surface area contributed by atoms with Gasteiger partial charge in [0.25, 0.3) is 0 Å². The standard InChI is InChI=1S/C14H25N7/c1-3-19-8-9-21(10-11(19)2)14-17-12(15)16-13(18-14)20-6-4-5-7-20/h11H,3-10H2,1-2H3,(H2,15,16,17,18). The summed E-state index contributed by atoms with van der Waals surface area (Å²) < 4.78 is 0. The van der Waals surface area contributed by atoms with Crippen molar-refractivity contribution in [2.24, 2.45) is 0 Å². The lowest BCUT2D eigenvalue weighted by molar-refractivity contribution is 0.198. The van der Waals surface area contributed by atoms with Gasteiger partial charge >= 0.3 is 0 Å². The molecule has 0 spiro atoms. The molecule has 3 heterocycles. The van der Waals surface area contributed by atoms with Crippen LogP contribution in [0.5, 0.6) is 0 Å². The second-order valence-electron chi connectivity index (χ2n) is 5.91. The van der Waals surface area contributed by atoms with E-state index in [2.05, 4.69) is 43.5 Å². The van der Waals surface area contributed by atoms with E-state index in [1.54, 1.807) is 0 Å². The summed E-state index contributed by atoms with van der Waals surface area (Å²) in [6.45, 7) is 10.5. The first-order valence-corrected chi connectivity index (χ1v) is 7.93. The lowest BCUT2D eigenvalue weighted by atomic mass is 10.2. The van der Waals surface area contributed by atoms with Crippen molar-refractivity contribution in [3.63, 3.8) is 0 Å². The molecular formula is C14H25N7. The summed E-state index contributed by atoms with van der Waals surface area (Å²) in [5.41, 5.74) is 5.90. The topological polar surface area (TPSA) is 74.4 Å². The van der Waals surface area contributed by atoms with Crippen molar-refractivity contribution in [3.8, 4) is 0 Å². The molecule has 116 valence electrons. The van der Waals surface area contributed by atoms with Gasteiger partial charge in [-0.1, -0.05) is 6.92 Å². The summed E-state index contributed by atoms with van der Waals surface area (Å²) in [5, 5.41) is 0. The van der Waals surface area contributed by atoms with E-state index in [-0.39, 0.29) is 0 Å². The van der Waals surface area contributed by atoms with Crippen molar-refractivity contribution in [1.82, 2.24) is 19.9 Å². The molecular weight excluding hydrogens is 266 g/mol. The molecule has 21 heavy (non-hydrogen) atoms. The molecule has 1 aromatic heterocycles. The number of anilines is 3. The van der Waals surface area contributed by atoms with Crippen LogP contribution in [0.15, 0.2) is 0 Å². The molecule has 0 radical (unpaired) electrons. The molecule has 1 unspecified atom stereocenters. The van der Waals surface area contributed by atoms with E-state index in [1.807, 2.05) is 0 Å². The average Bonchev–Trinajstić information content (AvgIpc) is 3.01. The maximum atomic E-state index is 5.90. The summed E-state index contributed by atoms with van der Waals surface area (Å²) in [4.78, 5) is 20.2. The van der Waals surface area contributed by atoms with E-state index >= 15 is 0 Å². The number of rotatable bonds is 3. The molecule has 0 aromatic carbocycles. The van der Waals surface area contributed by atoms with Gasteiger partial charge in [0.2, 0.25) is 17.8 Å². The van der Waals surface area contributed by atoms with Gasteiger partial charge in [-0.2, -0.15) is 15.0 Å². The third kappa shape index (κ3) is 3.02. The van der Waals surface area contributed by atoms with E-state index in [0.29, 0.717) is 12.0 Å². The van der Waals surface area contributed by atoms with Gasteiger partial charge < -0.3 is 15.5 Å². The van der Waals surface area contributed by atoms with Crippen LogP contribution in [0.25, 0.3) is 0 Å². The number of likely N-dealkylation sites (N-methyl/N-ethyl adjacent to an activating group) is 1. The molecule has 0 saturated carbocycles. The van der Waals surface area contributed by atoms with E-state index in [0.717, 1.165) is 51.2 Å². The minimum Gasteiger partial charge on any atom is -0.368 e. The van der Waals surface area contributed by atoms with Gasteiger partial charge in [-0.3, -0.25) is 4.90 Å². The Kier molecular flexibility index (Phi) is 4.10. The first-order chi connectivity index (χ1) is 10.2. The first kappa shape index (κ1) is 14.3. The van der Waals surface area contributed by atoms with Crippen LogP contribution in [0.1, 0.15) is 26.7 Å². The van der Waals surface area contributed by atoms with Gasteiger partial charge in [-0.15, -0.1) is 0 Å². The number of piperazine rings is 1. The van der Waals surface area contributed by atoms with Crippen LogP contribution >= 0.6 is 0 Å². The van der Waals surface area contributed by atoms with Crippen molar-refractivity contribution >= 4 is 17.8 Å². The number of nitrogens with zero attached hydrogens (tertiary/aromatic N) is 6. The zero-order valence-corrected chi connectivity index (χ0v) is 13.0. The zero-order chi connectivity index (χ0) is 14.8. The van der Waals surface area contributed by atoms with Crippen LogP contribution in [0.3, 0.4) is 0 Å². The van der Waals surface area contributed by atoms with Gasteiger partial charge in [0.15, 0.2) is 0 Å². The summed E-state index contributed by atoms with van der Waals surface area (Å²) in [6, 6.07) is 0.511. The molecule has 2 fully saturated rings. The van der Waals surface area contributed by atoms with E-state index in [9.17, 15) is 0 Å². The van der Waals surface area contributed by atoms with Crippen LogP contribution in [0, 0.1) is 0 Å². The van der Waals surface area contributed by atoms with Crippen LogP contribution in [-0.4, -0.2) is 65.2 Å². The highest BCUT2D eigenvalue weighted by Gasteiger charge is 2.25. The molecule has 2 N–H and O–H groups in total. The predicted molar refractivity (Wildman–Crippen MR) is 84.6 cm³/mol. The Morgan fingerprint density at radius 2 is 1.67 bits per heavy atom. The lowest BCUT2D eigenvalue weighted by Gasteiger charge is -2.39. The average molecular weight is 291 g/mol. The van der Waals surface area contributed by atoms with Gasteiger partial charge in [0, 0.05) is 38.8 Å². The van der Waals surface area contributed by atoms with Gasteiger partial charge in [0.1, 0.15) is 0 Å². The fourth-order valence-corrected chi connectivity index (χ4v) is 3.22. The third-order valence-corrected chi connectivity index (χ3v) is 4.47. The molecule has 2 saturated heterocycles. The highest BCUT2D eigenvalue weighted by Crippen LogP contribution is 2.21. The maximum absolute atomic E-state index is 5.90. The monoisotopic (exact) mass is 291 g/mol. The second kappa shape index (κ2) is 6.01. The lowest BCUT2D eigenvalue weighted by Crippen LogP contribution is -2.52. The fraction of sp³-hybridized carbons (Fsp3) is 0.786. The van der Waals surface area contributed by atoms with Crippen LogP contribution in [-0.2, 0) is 0 Å². The third-order valence-electron chi connectivity index (χ3n) is 4.47. The van der Waals surface area contributed by atoms with Crippen LogP contribution < -0.4 is 15.5 Å². The minimum absolute atomic E-state index is 0.326. The van der Waals surface area contributed by atoms with E-state index in [4.69, 9.17) is 5.73 Å². The van der Waals surface area contributed by atoms with E-state index in [1.165, 1.54) is 12.8 Å². The molecule has 7 heteroatoms. The number of hydrogen-bond acceptors (Lipinski definition) is 7. The summed E-state index contributed by atoms with van der Waals surface area (Å²) in [6.07, 6.45) is 2.40. The number of aromatic nitrogens is 3. The molecule has 2 aliphatic rings. The van der Waals surface area contributed by atoms with Gasteiger partial charge in [0.05, 0.1) is 0 Å². The second-order valence-corrected chi connectivity index (χ2v) is 5.91. The Bertz CT molecular complexity index is 486. The highest BCUT2D eigenvalue weighted by atomic mass is 15.4. The summed E-state index contributed by atoms with van der Waals surface area (Å²) in [7, 11) is 0. The molecule has 2 aliphatic heterocycles. The molecule has 1 atom stereocenters. The van der Waals surface area contributed by atoms with E-state index < -0.39 is 0 Å². The molecule has 7 nitrogen and oxygen atoms in total. The smallest absolute Gasteiger partial charge is 0.232 e. The molecule has 0 bridgehead atoms. The van der Waals surface area contributed by atoms with Gasteiger partial charge in [-0.05, 0) is 26.3 Å². The molecule has 0 amide bonds. The summed E-state index contributed by atoms with van der Waals surface area (Å²) >= 11 is 0. The Balaban J connectivity index is 1.78. The van der Waals surface area contributed by atoms with Crippen molar-refractivity contribution in [3.05, 3.63) is 0 Å². The molecule has 1 aromatic rings. The van der Waals surface area contributed by atoms with Crippen molar-refractivity contribution in [2.45, 2.75) is 32.7 Å². The normalized spacial score (nSPS) is 23.8. The number of hydrogen-bond donors (Lipinski definition) is 1. The highest BCUT2D eigenvalue weighted by molar-refractivity contribution is 5.44. The summed E-state index contributed by atoms with van der Waals surface area (Å²) in [5.74, 6) is 1.79. The maximum Gasteiger partial charge on any atom is 0.232 e. The Labute approximate surface area is 126 Å². The Hall–Kier alpha value is -1.63. The fourth-order valence-electron chi connectivity index (χ4n) is 3.22. The molecule has 0 aliphatic carbocycles.